The van der Waals surface area contributed by atoms with Gasteiger partial charge in [0.15, 0.2) is 0 Å². The number of halogens is 1. The standard InChI is InChI=1S/C13H19IN2O/c1-10-4-7-16(8-5-10)9-11-12(14)3-6-15-13(11)17-2/h3,6,10H,4-5,7-9H2,1-2H3. The highest BCUT2D eigenvalue weighted by Crippen LogP contribution is 2.25. The molecule has 1 aromatic rings. The number of likely N-dealkylation sites (tertiary alicyclic amines) is 1. The Hall–Kier alpha value is -0.360. The number of hydrogen-bond acceptors (Lipinski definition) is 3. The molecule has 0 saturated carbocycles. The lowest BCUT2D eigenvalue weighted by atomic mass is 9.99. The summed E-state index contributed by atoms with van der Waals surface area (Å²) < 4.78 is 6.59. The Balaban J connectivity index is 2.07. The maximum absolute atomic E-state index is 5.35. The molecule has 4 heteroatoms. The third-order valence-electron chi connectivity index (χ3n) is 3.41. The highest BCUT2D eigenvalue weighted by molar-refractivity contribution is 14.1. The molecular formula is C13H19IN2O. The second-order valence-electron chi connectivity index (χ2n) is 4.74. The summed E-state index contributed by atoms with van der Waals surface area (Å²) >= 11 is 2.36. The van der Waals surface area contributed by atoms with E-state index in [0.29, 0.717) is 0 Å². The van der Waals surface area contributed by atoms with Crippen molar-refractivity contribution in [3.63, 3.8) is 0 Å². The lowest BCUT2D eigenvalue weighted by Crippen LogP contribution is -2.32. The first-order valence-electron chi connectivity index (χ1n) is 6.10. The molecule has 1 saturated heterocycles. The molecular weight excluding hydrogens is 327 g/mol. The van der Waals surface area contributed by atoms with Gasteiger partial charge in [-0.15, -0.1) is 0 Å². The predicted molar refractivity (Wildman–Crippen MR) is 77.2 cm³/mol. The van der Waals surface area contributed by atoms with Crippen molar-refractivity contribution in [3.8, 4) is 5.88 Å². The quantitative estimate of drug-likeness (QED) is 0.787. The zero-order chi connectivity index (χ0) is 12.3. The van der Waals surface area contributed by atoms with Gasteiger partial charge in [0.25, 0.3) is 0 Å². The van der Waals surface area contributed by atoms with E-state index in [1.165, 1.54) is 35.1 Å². The molecule has 0 spiro atoms. The molecule has 94 valence electrons. The molecule has 17 heavy (non-hydrogen) atoms. The van der Waals surface area contributed by atoms with Crippen LogP contribution in [0.2, 0.25) is 0 Å². The maximum Gasteiger partial charge on any atom is 0.218 e. The van der Waals surface area contributed by atoms with Gasteiger partial charge in [-0.05, 0) is 60.5 Å². The lowest BCUT2D eigenvalue weighted by Gasteiger charge is -2.30. The Labute approximate surface area is 117 Å². The van der Waals surface area contributed by atoms with Gasteiger partial charge in [0.05, 0.1) is 7.11 Å². The second-order valence-corrected chi connectivity index (χ2v) is 5.90. The molecule has 2 rings (SSSR count). The molecule has 0 bridgehead atoms. The topological polar surface area (TPSA) is 25.4 Å². The van der Waals surface area contributed by atoms with Crippen LogP contribution in [0, 0.1) is 9.49 Å². The normalized spacial score (nSPS) is 18.3. The van der Waals surface area contributed by atoms with Gasteiger partial charge in [-0.25, -0.2) is 4.98 Å². The summed E-state index contributed by atoms with van der Waals surface area (Å²) in [6.45, 7) is 5.68. The van der Waals surface area contributed by atoms with E-state index in [9.17, 15) is 0 Å². The van der Waals surface area contributed by atoms with Crippen molar-refractivity contribution in [2.45, 2.75) is 26.3 Å². The Kier molecular flexibility index (Phi) is 4.62. The summed E-state index contributed by atoms with van der Waals surface area (Å²) in [5, 5.41) is 0. The van der Waals surface area contributed by atoms with E-state index in [1.807, 2.05) is 12.3 Å². The first-order valence-corrected chi connectivity index (χ1v) is 7.18. The summed E-state index contributed by atoms with van der Waals surface area (Å²) in [6, 6.07) is 2.05. The van der Waals surface area contributed by atoms with Crippen molar-refractivity contribution in [1.29, 1.82) is 0 Å². The van der Waals surface area contributed by atoms with Gasteiger partial charge in [0, 0.05) is 21.9 Å². The average Bonchev–Trinajstić information content (AvgIpc) is 2.34. The van der Waals surface area contributed by atoms with E-state index >= 15 is 0 Å². The van der Waals surface area contributed by atoms with Crippen molar-refractivity contribution in [3.05, 3.63) is 21.4 Å². The Morgan fingerprint density at radius 1 is 1.47 bits per heavy atom. The van der Waals surface area contributed by atoms with Crippen LogP contribution in [0.25, 0.3) is 0 Å². The minimum Gasteiger partial charge on any atom is -0.481 e. The third-order valence-corrected chi connectivity index (χ3v) is 4.42. The van der Waals surface area contributed by atoms with Gasteiger partial charge in [0.1, 0.15) is 0 Å². The zero-order valence-electron chi connectivity index (χ0n) is 10.4. The number of nitrogens with zero attached hydrogens (tertiary/aromatic N) is 2. The Morgan fingerprint density at radius 2 is 2.18 bits per heavy atom. The van der Waals surface area contributed by atoms with E-state index in [1.54, 1.807) is 7.11 Å². The Bertz CT molecular complexity index is 376. The molecule has 0 amide bonds. The molecule has 2 heterocycles. The number of ether oxygens (including phenoxy) is 1. The van der Waals surface area contributed by atoms with Crippen LogP contribution in [0.1, 0.15) is 25.3 Å². The summed E-state index contributed by atoms with van der Waals surface area (Å²) in [4.78, 5) is 6.79. The van der Waals surface area contributed by atoms with Crippen LogP contribution in [-0.2, 0) is 6.54 Å². The van der Waals surface area contributed by atoms with Crippen LogP contribution in [0.15, 0.2) is 12.3 Å². The van der Waals surface area contributed by atoms with Gasteiger partial charge >= 0.3 is 0 Å². The van der Waals surface area contributed by atoms with E-state index in [2.05, 4.69) is 39.4 Å². The van der Waals surface area contributed by atoms with Crippen LogP contribution < -0.4 is 4.74 Å². The van der Waals surface area contributed by atoms with Crippen molar-refractivity contribution >= 4 is 22.6 Å². The summed E-state index contributed by atoms with van der Waals surface area (Å²) in [5.74, 6) is 1.65. The molecule has 0 N–H and O–H groups in total. The number of pyridine rings is 1. The van der Waals surface area contributed by atoms with Crippen LogP contribution in [-0.4, -0.2) is 30.1 Å². The van der Waals surface area contributed by atoms with Crippen molar-refractivity contribution < 1.29 is 4.74 Å². The largest absolute Gasteiger partial charge is 0.481 e. The summed E-state index contributed by atoms with van der Waals surface area (Å²) in [7, 11) is 1.69. The molecule has 1 aliphatic rings. The van der Waals surface area contributed by atoms with Gasteiger partial charge in [0.2, 0.25) is 5.88 Å². The fourth-order valence-electron chi connectivity index (χ4n) is 2.21. The molecule has 0 aromatic carbocycles. The fourth-order valence-corrected chi connectivity index (χ4v) is 2.78. The van der Waals surface area contributed by atoms with E-state index in [4.69, 9.17) is 4.74 Å². The van der Waals surface area contributed by atoms with Gasteiger partial charge in [-0.2, -0.15) is 0 Å². The number of piperidine rings is 1. The second kappa shape index (κ2) is 6.00. The molecule has 0 atom stereocenters. The van der Waals surface area contributed by atoms with E-state index in [-0.39, 0.29) is 0 Å². The number of methoxy groups -OCH3 is 1. The first-order chi connectivity index (χ1) is 8.20. The van der Waals surface area contributed by atoms with Crippen LogP contribution in [0.5, 0.6) is 5.88 Å². The van der Waals surface area contributed by atoms with Crippen molar-refractivity contribution in [2.24, 2.45) is 5.92 Å². The minimum atomic E-state index is 0.774. The zero-order valence-corrected chi connectivity index (χ0v) is 12.6. The molecule has 3 nitrogen and oxygen atoms in total. The minimum absolute atomic E-state index is 0.774. The molecule has 0 aliphatic carbocycles. The number of rotatable bonds is 3. The van der Waals surface area contributed by atoms with Gasteiger partial charge in [-0.1, -0.05) is 6.92 Å². The number of hydrogen-bond donors (Lipinski definition) is 0. The average molecular weight is 346 g/mol. The van der Waals surface area contributed by atoms with Crippen LogP contribution >= 0.6 is 22.6 Å². The van der Waals surface area contributed by atoms with Crippen molar-refractivity contribution in [2.75, 3.05) is 20.2 Å². The fraction of sp³-hybridized carbons (Fsp3) is 0.615. The van der Waals surface area contributed by atoms with Gasteiger partial charge < -0.3 is 4.74 Å². The summed E-state index contributed by atoms with van der Waals surface area (Å²) in [6.07, 6.45) is 4.42. The molecule has 0 unspecified atom stereocenters. The van der Waals surface area contributed by atoms with Crippen LogP contribution in [0.4, 0.5) is 0 Å². The smallest absolute Gasteiger partial charge is 0.218 e. The first kappa shape index (κ1) is 13.1. The van der Waals surface area contributed by atoms with Crippen molar-refractivity contribution in [1.82, 2.24) is 9.88 Å². The SMILES string of the molecule is COc1nccc(I)c1CN1CCC(C)CC1. The van der Waals surface area contributed by atoms with E-state index < -0.39 is 0 Å². The predicted octanol–water partition coefficient (Wildman–Crippen LogP) is 2.93. The maximum atomic E-state index is 5.35. The highest BCUT2D eigenvalue weighted by atomic mass is 127. The lowest BCUT2D eigenvalue weighted by molar-refractivity contribution is 0.182. The summed E-state index contributed by atoms with van der Waals surface area (Å²) in [5.41, 5.74) is 1.23. The molecule has 1 aliphatic heterocycles. The molecule has 0 radical (unpaired) electrons. The third kappa shape index (κ3) is 3.31. The van der Waals surface area contributed by atoms with E-state index in [0.717, 1.165) is 18.3 Å². The highest BCUT2D eigenvalue weighted by Gasteiger charge is 2.18. The Morgan fingerprint density at radius 3 is 2.82 bits per heavy atom. The molecule has 1 aromatic heterocycles. The van der Waals surface area contributed by atoms with Gasteiger partial charge in [-0.3, -0.25) is 4.90 Å². The molecule has 1 fully saturated rings. The number of aromatic nitrogens is 1. The van der Waals surface area contributed by atoms with Crippen LogP contribution in [0.3, 0.4) is 0 Å². The monoisotopic (exact) mass is 346 g/mol.